The predicted octanol–water partition coefficient (Wildman–Crippen LogP) is 5.13. The zero-order chi connectivity index (χ0) is 19.4. The number of nitrogens with zero attached hydrogens (tertiary/aromatic N) is 1. The Hall–Kier alpha value is -3.34. The van der Waals surface area contributed by atoms with Crippen molar-refractivity contribution in [1.82, 2.24) is 4.98 Å². The SMILES string of the molecule is CC(C)(C)c1ccc(Oc2ccc(NC(=O)c3ncccc3O)cc2)cc1. The molecule has 2 N–H and O–H groups in total. The average Bonchev–Trinajstić information content (AvgIpc) is 2.63. The lowest BCUT2D eigenvalue weighted by Crippen LogP contribution is -2.13. The van der Waals surface area contributed by atoms with E-state index in [0.717, 1.165) is 5.75 Å². The summed E-state index contributed by atoms with van der Waals surface area (Å²) in [5.41, 5.74) is 1.91. The van der Waals surface area contributed by atoms with Gasteiger partial charge in [0.1, 0.15) is 17.2 Å². The fourth-order valence-corrected chi connectivity index (χ4v) is 2.53. The van der Waals surface area contributed by atoms with Crippen molar-refractivity contribution in [2.75, 3.05) is 5.32 Å². The van der Waals surface area contributed by atoms with Gasteiger partial charge in [-0.05, 0) is 59.5 Å². The van der Waals surface area contributed by atoms with E-state index in [-0.39, 0.29) is 16.9 Å². The third-order valence-electron chi connectivity index (χ3n) is 4.07. The second kappa shape index (κ2) is 7.50. The van der Waals surface area contributed by atoms with Gasteiger partial charge < -0.3 is 15.2 Å². The van der Waals surface area contributed by atoms with Crippen molar-refractivity contribution >= 4 is 11.6 Å². The molecule has 27 heavy (non-hydrogen) atoms. The summed E-state index contributed by atoms with van der Waals surface area (Å²) in [5, 5.41) is 12.4. The van der Waals surface area contributed by atoms with E-state index in [9.17, 15) is 9.90 Å². The highest BCUT2D eigenvalue weighted by Gasteiger charge is 2.14. The van der Waals surface area contributed by atoms with Gasteiger partial charge in [-0.1, -0.05) is 32.9 Å². The summed E-state index contributed by atoms with van der Waals surface area (Å²) >= 11 is 0. The minimum absolute atomic E-state index is 0.0169. The van der Waals surface area contributed by atoms with E-state index >= 15 is 0 Å². The van der Waals surface area contributed by atoms with Crippen LogP contribution >= 0.6 is 0 Å². The number of ether oxygens (including phenoxy) is 1. The maximum atomic E-state index is 12.2. The molecule has 3 rings (SSSR count). The summed E-state index contributed by atoms with van der Waals surface area (Å²) in [6.07, 6.45) is 1.45. The van der Waals surface area contributed by atoms with E-state index in [4.69, 9.17) is 4.74 Å². The van der Waals surface area contributed by atoms with Crippen molar-refractivity contribution in [3.63, 3.8) is 0 Å². The van der Waals surface area contributed by atoms with Crippen LogP contribution in [0.5, 0.6) is 17.2 Å². The Morgan fingerprint density at radius 2 is 1.56 bits per heavy atom. The van der Waals surface area contributed by atoms with Crippen LogP contribution in [0, 0.1) is 0 Å². The molecule has 1 amide bonds. The third-order valence-corrected chi connectivity index (χ3v) is 4.07. The maximum Gasteiger partial charge on any atom is 0.278 e. The number of benzene rings is 2. The molecule has 2 aromatic carbocycles. The van der Waals surface area contributed by atoms with E-state index in [1.807, 2.05) is 12.1 Å². The Morgan fingerprint density at radius 1 is 0.963 bits per heavy atom. The van der Waals surface area contributed by atoms with E-state index < -0.39 is 5.91 Å². The van der Waals surface area contributed by atoms with E-state index in [0.29, 0.717) is 11.4 Å². The first kappa shape index (κ1) is 18.5. The predicted molar refractivity (Wildman–Crippen MR) is 106 cm³/mol. The number of aromatic hydroxyl groups is 1. The number of nitrogens with one attached hydrogen (secondary N) is 1. The molecular formula is C22H22N2O3. The first-order chi connectivity index (χ1) is 12.8. The van der Waals surface area contributed by atoms with Crippen LogP contribution in [0.4, 0.5) is 5.69 Å². The number of carbonyl (C=O) groups is 1. The van der Waals surface area contributed by atoms with Gasteiger partial charge in [0, 0.05) is 11.9 Å². The number of hydrogen-bond acceptors (Lipinski definition) is 4. The third kappa shape index (κ3) is 4.64. The topological polar surface area (TPSA) is 71.5 Å². The van der Waals surface area contributed by atoms with Gasteiger partial charge in [0.2, 0.25) is 0 Å². The molecule has 0 spiro atoms. The molecule has 1 heterocycles. The molecule has 0 aliphatic carbocycles. The van der Waals surface area contributed by atoms with Gasteiger partial charge in [-0.2, -0.15) is 0 Å². The van der Waals surface area contributed by atoms with Crippen LogP contribution in [-0.4, -0.2) is 16.0 Å². The van der Waals surface area contributed by atoms with Crippen molar-refractivity contribution in [3.05, 3.63) is 78.1 Å². The molecule has 0 aliphatic rings. The lowest BCUT2D eigenvalue weighted by atomic mass is 9.87. The lowest BCUT2D eigenvalue weighted by molar-refractivity contribution is 0.101. The van der Waals surface area contributed by atoms with Gasteiger partial charge in [0.15, 0.2) is 5.69 Å². The van der Waals surface area contributed by atoms with Crippen LogP contribution in [0.3, 0.4) is 0 Å². The summed E-state index contributed by atoms with van der Waals surface area (Å²) in [7, 11) is 0. The van der Waals surface area contributed by atoms with Crippen LogP contribution in [0.25, 0.3) is 0 Å². The van der Waals surface area contributed by atoms with Crippen LogP contribution in [0.1, 0.15) is 36.8 Å². The Labute approximate surface area is 158 Å². The van der Waals surface area contributed by atoms with Crippen molar-refractivity contribution < 1.29 is 14.6 Å². The number of rotatable bonds is 4. The quantitative estimate of drug-likeness (QED) is 0.675. The summed E-state index contributed by atoms with van der Waals surface area (Å²) in [6.45, 7) is 6.50. The minimum Gasteiger partial charge on any atom is -0.505 e. The summed E-state index contributed by atoms with van der Waals surface area (Å²) < 4.78 is 5.84. The molecule has 5 heteroatoms. The van der Waals surface area contributed by atoms with Crippen LogP contribution in [0.15, 0.2) is 66.9 Å². The van der Waals surface area contributed by atoms with Crippen LogP contribution in [-0.2, 0) is 5.41 Å². The molecular weight excluding hydrogens is 340 g/mol. The average molecular weight is 362 g/mol. The Balaban J connectivity index is 1.65. The molecule has 138 valence electrons. The number of pyridine rings is 1. The fraction of sp³-hybridized carbons (Fsp3) is 0.182. The Morgan fingerprint density at radius 3 is 2.11 bits per heavy atom. The lowest BCUT2D eigenvalue weighted by Gasteiger charge is -2.19. The first-order valence-electron chi connectivity index (χ1n) is 8.67. The minimum atomic E-state index is -0.473. The van der Waals surface area contributed by atoms with E-state index in [2.05, 4.69) is 43.2 Å². The summed E-state index contributed by atoms with van der Waals surface area (Å²) in [6, 6.07) is 18.0. The summed E-state index contributed by atoms with van der Waals surface area (Å²) in [4.78, 5) is 16.0. The highest BCUT2D eigenvalue weighted by molar-refractivity contribution is 6.04. The molecule has 0 aliphatic heterocycles. The van der Waals surface area contributed by atoms with E-state index in [1.54, 1.807) is 30.3 Å². The molecule has 1 aromatic heterocycles. The van der Waals surface area contributed by atoms with Gasteiger partial charge in [-0.3, -0.25) is 4.79 Å². The zero-order valence-corrected chi connectivity index (χ0v) is 15.6. The largest absolute Gasteiger partial charge is 0.505 e. The van der Waals surface area contributed by atoms with Crippen molar-refractivity contribution in [2.24, 2.45) is 0 Å². The Kier molecular flexibility index (Phi) is 5.12. The molecule has 0 saturated heterocycles. The second-order valence-electron chi connectivity index (χ2n) is 7.23. The molecule has 0 fully saturated rings. The number of amides is 1. The number of aromatic nitrogens is 1. The van der Waals surface area contributed by atoms with Gasteiger partial charge >= 0.3 is 0 Å². The molecule has 0 atom stereocenters. The summed E-state index contributed by atoms with van der Waals surface area (Å²) in [5.74, 6) is 0.781. The van der Waals surface area contributed by atoms with Gasteiger partial charge in [-0.25, -0.2) is 4.98 Å². The maximum absolute atomic E-state index is 12.2. The van der Waals surface area contributed by atoms with Gasteiger partial charge in [-0.15, -0.1) is 0 Å². The van der Waals surface area contributed by atoms with Crippen LogP contribution < -0.4 is 10.1 Å². The van der Waals surface area contributed by atoms with E-state index in [1.165, 1.54) is 17.8 Å². The van der Waals surface area contributed by atoms with Crippen LogP contribution in [0.2, 0.25) is 0 Å². The standard InChI is InChI=1S/C22H22N2O3/c1-22(2,3)15-6-10-17(11-7-15)27-18-12-8-16(9-13-18)24-21(26)20-19(25)5-4-14-23-20/h4-14,25H,1-3H3,(H,24,26). The van der Waals surface area contributed by atoms with Crippen molar-refractivity contribution in [3.8, 4) is 17.2 Å². The van der Waals surface area contributed by atoms with Crippen molar-refractivity contribution in [1.29, 1.82) is 0 Å². The van der Waals surface area contributed by atoms with Gasteiger partial charge in [0.05, 0.1) is 0 Å². The Bertz CT molecular complexity index is 927. The molecule has 0 radical (unpaired) electrons. The smallest absolute Gasteiger partial charge is 0.278 e. The monoisotopic (exact) mass is 362 g/mol. The normalized spacial score (nSPS) is 11.1. The first-order valence-corrected chi connectivity index (χ1v) is 8.67. The molecule has 3 aromatic rings. The number of hydrogen-bond donors (Lipinski definition) is 2. The fourth-order valence-electron chi connectivity index (χ4n) is 2.53. The van der Waals surface area contributed by atoms with Gasteiger partial charge in [0.25, 0.3) is 5.91 Å². The highest BCUT2D eigenvalue weighted by Crippen LogP contribution is 2.27. The number of anilines is 1. The molecule has 0 saturated carbocycles. The second-order valence-corrected chi connectivity index (χ2v) is 7.23. The number of carbonyl (C=O) groups excluding carboxylic acids is 1. The highest BCUT2D eigenvalue weighted by atomic mass is 16.5. The molecule has 0 unspecified atom stereocenters. The molecule has 0 bridgehead atoms. The molecule has 5 nitrogen and oxygen atoms in total. The van der Waals surface area contributed by atoms with Crippen molar-refractivity contribution in [2.45, 2.75) is 26.2 Å². The zero-order valence-electron chi connectivity index (χ0n) is 15.6.